The Kier molecular flexibility index (Phi) is 4.70. The second kappa shape index (κ2) is 6.61. The number of nitrogens with zero attached hydrogens (tertiary/aromatic N) is 1. The lowest BCUT2D eigenvalue weighted by atomic mass is 10.2. The molecule has 1 aromatic carbocycles. The maximum absolute atomic E-state index is 12.3. The van der Waals surface area contributed by atoms with Crippen molar-refractivity contribution in [3.63, 3.8) is 0 Å². The second-order valence-corrected chi connectivity index (χ2v) is 8.43. The normalized spacial score (nSPS) is 11.4. The number of thiophene rings is 1. The van der Waals surface area contributed by atoms with Crippen LogP contribution in [-0.4, -0.2) is 19.3 Å². The Morgan fingerprint density at radius 2 is 2.04 bits per heavy atom. The number of hydrogen-bond acceptors (Lipinski definition) is 6. The van der Waals surface area contributed by atoms with Crippen LogP contribution >= 0.6 is 34.3 Å². The van der Waals surface area contributed by atoms with Gasteiger partial charge >= 0.3 is 0 Å². The van der Waals surface area contributed by atoms with Gasteiger partial charge in [0.15, 0.2) is 5.13 Å². The summed E-state index contributed by atoms with van der Waals surface area (Å²) in [5.74, 6) is -0.558. The molecule has 124 valence electrons. The van der Waals surface area contributed by atoms with Gasteiger partial charge < -0.3 is 0 Å². The minimum absolute atomic E-state index is 0.0102. The molecule has 3 N–H and O–H groups in total. The first-order valence-electron chi connectivity index (χ1n) is 6.48. The minimum atomic E-state index is -3.92. The molecule has 0 saturated carbocycles. The largest absolute Gasteiger partial charge is 0.298 e. The fourth-order valence-corrected chi connectivity index (χ4v) is 4.10. The Morgan fingerprint density at radius 1 is 1.25 bits per heavy atom. The molecule has 2 heterocycles. The summed E-state index contributed by atoms with van der Waals surface area (Å²) < 4.78 is 22.8. The van der Waals surface area contributed by atoms with Gasteiger partial charge in [0, 0.05) is 5.38 Å². The van der Waals surface area contributed by atoms with E-state index in [9.17, 15) is 13.2 Å². The fraction of sp³-hybridized carbons (Fsp3) is 0. The average molecular weight is 400 g/mol. The summed E-state index contributed by atoms with van der Waals surface area (Å²) in [6, 6.07) is 7.54. The molecule has 24 heavy (non-hydrogen) atoms. The molecule has 0 fully saturated rings. The highest BCUT2D eigenvalue weighted by Gasteiger charge is 2.17. The van der Waals surface area contributed by atoms with Crippen LogP contribution in [0.25, 0.3) is 10.6 Å². The van der Waals surface area contributed by atoms with Crippen molar-refractivity contribution in [3.8, 4) is 10.6 Å². The summed E-state index contributed by atoms with van der Waals surface area (Å²) in [6.45, 7) is 0. The van der Waals surface area contributed by atoms with Crippen LogP contribution in [0.1, 0.15) is 10.4 Å². The molecule has 0 unspecified atom stereocenters. The third-order valence-electron chi connectivity index (χ3n) is 3.01. The first-order chi connectivity index (χ1) is 11.3. The van der Waals surface area contributed by atoms with Crippen LogP contribution in [0.4, 0.5) is 5.13 Å². The highest BCUT2D eigenvalue weighted by atomic mass is 35.5. The van der Waals surface area contributed by atoms with E-state index in [1.54, 1.807) is 11.3 Å². The van der Waals surface area contributed by atoms with Gasteiger partial charge in [-0.3, -0.25) is 10.1 Å². The van der Waals surface area contributed by atoms with Crippen molar-refractivity contribution in [1.82, 2.24) is 4.98 Å². The summed E-state index contributed by atoms with van der Waals surface area (Å²) in [5, 5.41) is 12.0. The van der Waals surface area contributed by atoms with Crippen LogP contribution in [0, 0.1) is 0 Å². The lowest BCUT2D eigenvalue weighted by Crippen LogP contribution is -2.16. The number of rotatable bonds is 4. The molecule has 0 aliphatic rings. The molecule has 0 atom stereocenters. The molecular formula is C14H10ClN3O3S3. The quantitative estimate of drug-likeness (QED) is 0.701. The minimum Gasteiger partial charge on any atom is -0.298 e. The summed E-state index contributed by atoms with van der Waals surface area (Å²) in [7, 11) is -3.92. The standard InChI is InChI=1S/C14H10ClN3O3S3/c15-10-4-3-8(24(16,20)21)6-9(10)13(19)18-14-17-11(7-23-14)12-2-1-5-22-12/h1-7H,(H2,16,20,21)(H,17,18,19). The molecule has 0 spiro atoms. The maximum Gasteiger partial charge on any atom is 0.259 e. The summed E-state index contributed by atoms with van der Waals surface area (Å²) in [4.78, 5) is 17.5. The number of aromatic nitrogens is 1. The Morgan fingerprint density at radius 3 is 2.71 bits per heavy atom. The number of halogens is 1. The third kappa shape index (κ3) is 3.65. The molecule has 6 nitrogen and oxygen atoms in total. The number of hydrogen-bond donors (Lipinski definition) is 2. The zero-order chi connectivity index (χ0) is 17.3. The first-order valence-corrected chi connectivity index (χ1v) is 10.2. The highest BCUT2D eigenvalue weighted by Crippen LogP contribution is 2.29. The van der Waals surface area contributed by atoms with Crippen LogP contribution in [-0.2, 0) is 10.0 Å². The van der Waals surface area contributed by atoms with Crippen LogP contribution in [0.15, 0.2) is 46.0 Å². The van der Waals surface area contributed by atoms with E-state index in [1.807, 2.05) is 22.9 Å². The molecule has 0 saturated heterocycles. The number of amides is 1. The van der Waals surface area contributed by atoms with E-state index in [0.29, 0.717) is 5.13 Å². The molecule has 0 aliphatic heterocycles. The van der Waals surface area contributed by atoms with Gasteiger partial charge in [0.2, 0.25) is 10.0 Å². The molecule has 1 amide bonds. The molecule has 10 heteroatoms. The Bertz CT molecular complexity index is 997. The number of primary sulfonamides is 1. The number of anilines is 1. The zero-order valence-corrected chi connectivity index (χ0v) is 15.1. The first kappa shape index (κ1) is 17.1. The lowest BCUT2D eigenvalue weighted by Gasteiger charge is -2.06. The van der Waals surface area contributed by atoms with Crippen molar-refractivity contribution in [2.45, 2.75) is 4.90 Å². The zero-order valence-electron chi connectivity index (χ0n) is 11.9. The van der Waals surface area contributed by atoms with E-state index in [1.165, 1.54) is 23.5 Å². The predicted octanol–water partition coefficient (Wildman–Crippen LogP) is 3.42. The highest BCUT2D eigenvalue weighted by molar-refractivity contribution is 7.89. The van der Waals surface area contributed by atoms with Crippen molar-refractivity contribution in [2.24, 2.45) is 5.14 Å². The number of sulfonamides is 1. The second-order valence-electron chi connectivity index (χ2n) is 4.66. The number of benzene rings is 1. The van der Waals surface area contributed by atoms with Gasteiger partial charge in [0.05, 0.1) is 26.1 Å². The third-order valence-corrected chi connectivity index (χ3v) is 5.90. The van der Waals surface area contributed by atoms with Gasteiger partial charge in [0.25, 0.3) is 5.91 Å². The predicted molar refractivity (Wildman–Crippen MR) is 96.2 cm³/mol. The van der Waals surface area contributed by atoms with E-state index in [2.05, 4.69) is 10.3 Å². The van der Waals surface area contributed by atoms with Gasteiger partial charge in [-0.2, -0.15) is 0 Å². The van der Waals surface area contributed by atoms with Gasteiger partial charge in [-0.1, -0.05) is 17.7 Å². The van der Waals surface area contributed by atoms with Crippen molar-refractivity contribution >= 4 is 55.3 Å². The Balaban J connectivity index is 1.85. The average Bonchev–Trinajstić information content (AvgIpc) is 3.16. The van der Waals surface area contributed by atoms with E-state index in [-0.39, 0.29) is 15.5 Å². The summed E-state index contributed by atoms with van der Waals surface area (Å²) >= 11 is 8.79. The van der Waals surface area contributed by atoms with Crippen molar-refractivity contribution in [2.75, 3.05) is 5.32 Å². The monoisotopic (exact) mass is 399 g/mol. The van der Waals surface area contributed by atoms with Gasteiger partial charge in [0.1, 0.15) is 0 Å². The smallest absolute Gasteiger partial charge is 0.259 e. The van der Waals surface area contributed by atoms with Crippen molar-refractivity contribution < 1.29 is 13.2 Å². The molecule has 3 rings (SSSR count). The molecule has 3 aromatic rings. The molecule has 0 bridgehead atoms. The number of carbonyl (C=O) groups excluding carboxylic acids is 1. The number of nitrogens with one attached hydrogen (secondary N) is 1. The number of carbonyl (C=O) groups is 1. The van der Waals surface area contributed by atoms with E-state index < -0.39 is 15.9 Å². The van der Waals surface area contributed by atoms with Crippen LogP contribution in [0.5, 0.6) is 0 Å². The lowest BCUT2D eigenvalue weighted by molar-refractivity contribution is 0.102. The molecular weight excluding hydrogens is 390 g/mol. The van der Waals surface area contributed by atoms with E-state index >= 15 is 0 Å². The molecule has 0 radical (unpaired) electrons. The fourth-order valence-electron chi connectivity index (χ4n) is 1.89. The van der Waals surface area contributed by atoms with Gasteiger partial charge in [-0.25, -0.2) is 18.5 Å². The maximum atomic E-state index is 12.3. The number of thiazole rings is 1. The van der Waals surface area contributed by atoms with Crippen molar-refractivity contribution in [1.29, 1.82) is 0 Å². The SMILES string of the molecule is NS(=O)(=O)c1ccc(Cl)c(C(=O)Nc2nc(-c3cccs3)cs2)c1. The van der Waals surface area contributed by atoms with Crippen LogP contribution in [0.2, 0.25) is 5.02 Å². The van der Waals surface area contributed by atoms with Crippen LogP contribution in [0.3, 0.4) is 0 Å². The van der Waals surface area contributed by atoms with E-state index in [0.717, 1.165) is 16.6 Å². The topological polar surface area (TPSA) is 102 Å². The van der Waals surface area contributed by atoms with Gasteiger partial charge in [-0.05, 0) is 29.6 Å². The summed E-state index contributed by atoms with van der Waals surface area (Å²) in [5.41, 5.74) is 0.769. The molecule has 2 aromatic heterocycles. The Labute approximate surface area is 151 Å². The molecule has 0 aliphatic carbocycles. The van der Waals surface area contributed by atoms with Crippen molar-refractivity contribution in [3.05, 3.63) is 51.7 Å². The van der Waals surface area contributed by atoms with Crippen LogP contribution < -0.4 is 10.5 Å². The van der Waals surface area contributed by atoms with Gasteiger partial charge in [-0.15, -0.1) is 22.7 Å². The number of nitrogens with two attached hydrogens (primary N) is 1. The Hall–Kier alpha value is -1.78. The van der Waals surface area contributed by atoms with E-state index in [4.69, 9.17) is 16.7 Å². The summed E-state index contributed by atoms with van der Waals surface area (Å²) in [6.07, 6.45) is 0.